The molecule has 2 aromatic rings. The van der Waals surface area contributed by atoms with Crippen molar-refractivity contribution < 1.29 is 37.9 Å². The Kier molecular flexibility index (Phi) is 6.81. The lowest BCUT2D eigenvalue weighted by Gasteiger charge is -2.60. The number of fused-ring (bicyclic) bond motifs is 3. The molecule has 7 N–H and O–H groups in total. The Bertz CT molecular complexity index is 1750. The van der Waals surface area contributed by atoms with Crippen molar-refractivity contribution in [2.75, 3.05) is 33.1 Å². The number of ketones is 4. The van der Waals surface area contributed by atoms with Gasteiger partial charge in [-0.3, -0.25) is 28.9 Å². The molecule has 3 aliphatic rings. The minimum absolute atomic E-state index is 0.174. The molecule has 0 aliphatic heterocycles. The first kappa shape index (κ1) is 30.9. The van der Waals surface area contributed by atoms with Gasteiger partial charge >= 0.3 is 0 Å². The maximum absolute atomic E-state index is 14.9. The van der Waals surface area contributed by atoms with Gasteiger partial charge in [0.05, 0.1) is 23.2 Å². The Hall–Kier alpha value is -4.58. The van der Waals surface area contributed by atoms with E-state index in [0.717, 1.165) is 12.1 Å². The minimum Gasteiger partial charge on any atom is -0.507 e. The van der Waals surface area contributed by atoms with Crippen molar-refractivity contribution in [3.05, 3.63) is 47.0 Å². The summed E-state index contributed by atoms with van der Waals surface area (Å²) < 4.78 is 28.6. The fourth-order valence-electron chi connectivity index (χ4n) is 7.57. The number of benzene rings is 2. The highest BCUT2D eigenvalue weighted by atomic mass is 19.1. The molecule has 230 valence electrons. The predicted molar refractivity (Wildman–Crippen MR) is 151 cm³/mol. The van der Waals surface area contributed by atoms with Gasteiger partial charge in [0.15, 0.2) is 34.5 Å². The zero-order valence-electron chi connectivity index (χ0n) is 24.3. The van der Waals surface area contributed by atoms with Crippen molar-refractivity contribution in [1.29, 1.82) is 5.26 Å². The fraction of sp³-hybridized carbons (Fsp3) is 0.400. The molecule has 0 spiro atoms. The number of Topliss-reactive ketones (excluding diaryl/α,β-unsaturated/α-hetero) is 4. The van der Waals surface area contributed by atoms with Gasteiger partial charge in [0.25, 0.3) is 0 Å². The number of halogens is 2. The number of carbonyl (C=O) groups is 5. The van der Waals surface area contributed by atoms with E-state index in [1.807, 2.05) is 0 Å². The Morgan fingerprint density at radius 2 is 1.68 bits per heavy atom. The highest BCUT2D eigenvalue weighted by molar-refractivity contribution is 6.33. The molecule has 14 heteroatoms. The summed E-state index contributed by atoms with van der Waals surface area (Å²) in [6, 6.07) is 4.15. The standard InChI is InChI=1S/C30H30F2N6O6/c1-37(2)17-8-14(13-6-5-12(31)7-16(13)32)21(39)18-15(17)9-28(35)10-30(36)24(38(3)4)23(41)19(27(34)44)25(42)29(30,11-33)26(43)20(28)22(18)40/h5-8,19-20,24,39H,9-10,35-36H2,1-4H3,(H2,34,44)/t19?,20?,24-,28-,29+,30-/m1/s1. The number of hydrogen-bond acceptors (Lipinski definition) is 11. The van der Waals surface area contributed by atoms with Crippen LogP contribution in [0.3, 0.4) is 0 Å². The number of amides is 1. The van der Waals surface area contributed by atoms with E-state index < -0.39 is 92.8 Å². The van der Waals surface area contributed by atoms with Gasteiger partial charge < -0.3 is 27.2 Å². The molecule has 0 aromatic heterocycles. The summed E-state index contributed by atoms with van der Waals surface area (Å²) in [6.45, 7) is 0. The first-order chi connectivity index (χ1) is 20.4. The van der Waals surface area contributed by atoms with Gasteiger partial charge in [0.2, 0.25) is 5.91 Å². The zero-order chi connectivity index (χ0) is 32.8. The number of carbonyl (C=O) groups excluding carboxylic acids is 5. The Morgan fingerprint density at radius 3 is 2.20 bits per heavy atom. The van der Waals surface area contributed by atoms with Crippen LogP contribution < -0.4 is 22.1 Å². The lowest BCUT2D eigenvalue weighted by Crippen LogP contribution is -2.85. The molecule has 6 atom stereocenters. The third-order valence-electron chi connectivity index (χ3n) is 9.27. The van der Waals surface area contributed by atoms with E-state index >= 15 is 0 Å². The van der Waals surface area contributed by atoms with Gasteiger partial charge in [-0.15, -0.1) is 0 Å². The average Bonchev–Trinajstić information content (AvgIpc) is 2.88. The first-order valence-electron chi connectivity index (χ1n) is 13.5. The van der Waals surface area contributed by atoms with Crippen molar-refractivity contribution in [3.8, 4) is 22.9 Å². The highest BCUT2D eigenvalue weighted by Crippen LogP contribution is 2.57. The van der Waals surface area contributed by atoms with Crippen molar-refractivity contribution in [2.24, 2.45) is 34.5 Å². The second-order valence-electron chi connectivity index (χ2n) is 12.3. The van der Waals surface area contributed by atoms with Crippen LogP contribution in [-0.4, -0.2) is 84.4 Å². The monoisotopic (exact) mass is 608 g/mol. The number of hydrogen-bond donors (Lipinski definition) is 4. The summed E-state index contributed by atoms with van der Waals surface area (Å²) >= 11 is 0. The third-order valence-corrected chi connectivity index (χ3v) is 9.27. The van der Waals surface area contributed by atoms with E-state index in [1.54, 1.807) is 25.1 Å². The summed E-state index contributed by atoms with van der Waals surface area (Å²) in [7, 11) is 6.04. The van der Waals surface area contributed by atoms with E-state index in [-0.39, 0.29) is 23.1 Å². The van der Waals surface area contributed by atoms with E-state index in [0.29, 0.717) is 11.8 Å². The number of nitrogens with two attached hydrogens (primary N) is 3. The highest BCUT2D eigenvalue weighted by Gasteiger charge is 2.78. The minimum atomic E-state index is -2.89. The number of rotatable bonds is 4. The summed E-state index contributed by atoms with van der Waals surface area (Å²) in [5.41, 5.74) is 11.7. The Balaban J connectivity index is 1.81. The first-order valence-corrected chi connectivity index (χ1v) is 13.5. The molecule has 2 saturated carbocycles. The molecule has 3 aliphatic carbocycles. The maximum atomic E-state index is 14.9. The molecule has 2 fully saturated rings. The van der Waals surface area contributed by atoms with Crippen molar-refractivity contribution in [1.82, 2.24) is 4.90 Å². The summed E-state index contributed by atoms with van der Waals surface area (Å²) in [6.07, 6.45) is -0.858. The van der Waals surface area contributed by atoms with Gasteiger partial charge in [-0.2, -0.15) is 5.26 Å². The average molecular weight is 609 g/mol. The Labute approximate surface area is 250 Å². The predicted octanol–water partition coefficient (Wildman–Crippen LogP) is -0.180. The number of nitriles is 1. The molecule has 12 nitrogen and oxygen atoms in total. The molecular formula is C30H30F2N6O6. The second-order valence-corrected chi connectivity index (χ2v) is 12.3. The fourth-order valence-corrected chi connectivity index (χ4v) is 7.57. The topological polar surface area (TPSA) is 214 Å². The number of nitrogens with zero attached hydrogens (tertiary/aromatic N) is 3. The normalized spacial score (nSPS) is 31.2. The molecule has 5 rings (SSSR count). The molecule has 0 saturated heterocycles. The van der Waals surface area contributed by atoms with Crippen LogP contribution >= 0.6 is 0 Å². The molecule has 2 unspecified atom stereocenters. The lowest BCUT2D eigenvalue weighted by atomic mass is 9.42. The Morgan fingerprint density at radius 1 is 1.05 bits per heavy atom. The van der Waals surface area contributed by atoms with Crippen LogP contribution in [0.1, 0.15) is 22.3 Å². The summed E-state index contributed by atoms with van der Waals surface area (Å²) in [4.78, 5) is 71.4. The van der Waals surface area contributed by atoms with Gasteiger partial charge in [-0.05, 0) is 50.7 Å². The van der Waals surface area contributed by atoms with E-state index in [9.17, 15) is 43.1 Å². The van der Waals surface area contributed by atoms with Crippen LogP contribution in [0.4, 0.5) is 14.5 Å². The van der Waals surface area contributed by atoms with Crippen LogP contribution in [0.15, 0.2) is 24.3 Å². The van der Waals surface area contributed by atoms with Crippen LogP contribution in [0.2, 0.25) is 0 Å². The van der Waals surface area contributed by atoms with Crippen LogP contribution in [0.25, 0.3) is 11.1 Å². The number of aromatic hydroxyl groups is 1. The van der Waals surface area contributed by atoms with E-state index in [4.69, 9.17) is 17.2 Å². The number of phenolic OH excluding ortho intramolecular Hbond substituents is 1. The van der Waals surface area contributed by atoms with E-state index in [1.165, 1.54) is 25.1 Å². The number of likely N-dealkylation sites (N-methyl/N-ethyl adjacent to an activating group) is 1. The molecule has 1 amide bonds. The van der Waals surface area contributed by atoms with Crippen LogP contribution in [0.5, 0.6) is 5.75 Å². The van der Waals surface area contributed by atoms with Gasteiger partial charge in [-0.1, -0.05) is 0 Å². The van der Waals surface area contributed by atoms with Crippen molar-refractivity contribution in [2.45, 2.75) is 30.0 Å². The van der Waals surface area contributed by atoms with Gasteiger partial charge in [-0.25, -0.2) is 8.78 Å². The SMILES string of the molecule is CN(C)c1cc(-c2ccc(F)cc2F)c(O)c2c1C[C@@]1(N)C[C@@]3(N)[C@H](N(C)C)C(=O)C(C(N)=O)C(=O)[C@@]3(C#N)C(=O)C1C2=O. The summed E-state index contributed by atoms with van der Waals surface area (Å²) in [5, 5.41) is 21.9. The smallest absolute Gasteiger partial charge is 0.235 e. The maximum Gasteiger partial charge on any atom is 0.235 e. The van der Waals surface area contributed by atoms with Gasteiger partial charge in [0, 0.05) is 42.5 Å². The molecule has 0 heterocycles. The van der Waals surface area contributed by atoms with Crippen molar-refractivity contribution in [3.63, 3.8) is 0 Å². The molecule has 0 bridgehead atoms. The quantitative estimate of drug-likeness (QED) is 0.334. The number of phenols is 1. The molecular weight excluding hydrogens is 578 g/mol. The largest absolute Gasteiger partial charge is 0.507 e. The summed E-state index contributed by atoms with van der Waals surface area (Å²) in [5.74, 6) is -13.0. The number of anilines is 1. The van der Waals surface area contributed by atoms with Crippen LogP contribution in [0, 0.1) is 40.2 Å². The number of primary amides is 1. The van der Waals surface area contributed by atoms with Crippen molar-refractivity contribution >= 4 is 34.7 Å². The van der Waals surface area contributed by atoms with Crippen LogP contribution in [-0.2, 0) is 25.6 Å². The molecule has 44 heavy (non-hydrogen) atoms. The zero-order valence-corrected chi connectivity index (χ0v) is 24.3. The van der Waals surface area contributed by atoms with E-state index in [2.05, 4.69) is 0 Å². The molecule has 0 radical (unpaired) electrons. The lowest BCUT2D eigenvalue weighted by molar-refractivity contribution is -0.166. The third kappa shape index (κ3) is 3.73. The molecule has 2 aromatic carbocycles. The second kappa shape index (κ2) is 9.71. The van der Waals surface area contributed by atoms with Gasteiger partial charge in [0.1, 0.15) is 23.3 Å².